The minimum Gasteiger partial charge on any atom is -0.497 e. The molecule has 1 N–H and O–H groups in total. The van der Waals surface area contributed by atoms with E-state index in [0.29, 0.717) is 46.9 Å². The molecule has 138 valence electrons. The minimum absolute atomic E-state index is 0.144. The van der Waals surface area contributed by atoms with Crippen LogP contribution in [0.3, 0.4) is 0 Å². The third-order valence-electron chi connectivity index (χ3n) is 3.91. The lowest BCUT2D eigenvalue weighted by atomic mass is 10.1. The molecule has 0 aliphatic carbocycles. The van der Waals surface area contributed by atoms with Crippen molar-refractivity contribution in [2.45, 2.75) is 12.8 Å². The van der Waals surface area contributed by atoms with Gasteiger partial charge < -0.3 is 24.3 Å². The monoisotopic (exact) mass is 377 g/mol. The quantitative estimate of drug-likeness (QED) is 0.860. The molecule has 26 heavy (non-hydrogen) atoms. The number of ether oxygens (including phenoxy) is 4. The molecule has 0 unspecified atom stereocenters. The number of amides is 1. The van der Waals surface area contributed by atoms with E-state index in [1.165, 1.54) is 7.11 Å². The number of carbonyl (C=O) groups excluding carboxylic acids is 1. The van der Waals surface area contributed by atoms with Gasteiger partial charge in [0.1, 0.15) is 11.5 Å². The fraction of sp³-hybridized carbons (Fsp3) is 0.316. The summed E-state index contributed by atoms with van der Waals surface area (Å²) in [4.78, 5) is 12.4. The fourth-order valence-electron chi connectivity index (χ4n) is 2.67. The number of nitrogens with one attached hydrogen (secondary N) is 1. The Hall–Kier alpha value is -2.60. The van der Waals surface area contributed by atoms with Crippen LogP contribution in [-0.2, 0) is 11.2 Å². The van der Waals surface area contributed by atoms with E-state index in [9.17, 15) is 4.79 Å². The highest BCUT2D eigenvalue weighted by Crippen LogP contribution is 2.38. The molecular weight excluding hydrogens is 358 g/mol. The molecule has 6 nitrogen and oxygen atoms in total. The molecule has 0 bridgehead atoms. The third kappa shape index (κ3) is 4.14. The molecule has 0 saturated carbocycles. The first-order chi connectivity index (χ1) is 12.6. The van der Waals surface area contributed by atoms with Gasteiger partial charge in [-0.05, 0) is 29.8 Å². The Morgan fingerprint density at radius 3 is 2.73 bits per heavy atom. The number of carbonyl (C=O) groups is 1. The summed E-state index contributed by atoms with van der Waals surface area (Å²) in [5, 5.41) is 3.28. The van der Waals surface area contributed by atoms with E-state index in [-0.39, 0.29) is 12.3 Å². The normalized spacial score (nSPS) is 12.9. The van der Waals surface area contributed by atoms with Crippen LogP contribution in [0.15, 0.2) is 30.3 Å². The van der Waals surface area contributed by atoms with Crippen LogP contribution in [0, 0.1) is 0 Å². The van der Waals surface area contributed by atoms with Crippen molar-refractivity contribution in [3.8, 4) is 23.0 Å². The Balaban J connectivity index is 1.74. The zero-order valence-electron chi connectivity index (χ0n) is 14.6. The van der Waals surface area contributed by atoms with Gasteiger partial charge in [-0.1, -0.05) is 11.6 Å². The number of rotatable bonds is 5. The maximum absolute atomic E-state index is 12.4. The Kier molecular flexibility index (Phi) is 5.73. The first kappa shape index (κ1) is 18.2. The summed E-state index contributed by atoms with van der Waals surface area (Å²) in [7, 11) is 3.11. The van der Waals surface area contributed by atoms with Crippen molar-refractivity contribution < 1.29 is 23.7 Å². The first-order valence-electron chi connectivity index (χ1n) is 8.20. The van der Waals surface area contributed by atoms with Gasteiger partial charge in [0.15, 0.2) is 11.5 Å². The van der Waals surface area contributed by atoms with Crippen molar-refractivity contribution in [3.05, 3.63) is 40.9 Å². The van der Waals surface area contributed by atoms with E-state index in [0.717, 1.165) is 12.0 Å². The molecular formula is C19H20ClNO5. The molecule has 0 atom stereocenters. The molecule has 7 heteroatoms. The molecule has 1 amide bonds. The molecule has 1 aliphatic rings. The van der Waals surface area contributed by atoms with Gasteiger partial charge in [0, 0.05) is 12.5 Å². The van der Waals surface area contributed by atoms with Crippen molar-refractivity contribution >= 4 is 23.2 Å². The van der Waals surface area contributed by atoms with Gasteiger partial charge in [-0.25, -0.2) is 0 Å². The zero-order chi connectivity index (χ0) is 18.5. The number of hydrogen-bond acceptors (Lipinski definition) is 5. The average molecular weight is 378 g/mol. The van der Waals surface area contributed by atoms with Crippen LogP contribution in [0.5, 0.6) is 23.0 Å². The lowest BCUT2D eigenvalue weighted by Gasteiger charge is -2.13. The van der Waals surface area contributed by atoms with E-state index < -0.39 is 0 Å². The summed E-state index contributed by atoms with van der Waals surface area (Å²) < 4.78 is 21.7. The van der Waals surface area contributed by atoms with Gasteiger partial charge in [-0.15, -0.1) is 0 Å². The highest BCUT2D eigenvalue weighted by atomic mass is 35.5. The molecule has 0 spiro atoms. The standard InChI is InChI=1S/C19H20ClNO5/c1-23-13-4-5-15(16(11-13)24-2)21-18(22)10-12-8-14(20)19-17(9-12)25-6-3-7-26-19/h4-5,8-9,11H,3,6-7,10H2,1-2H3,(H,21,22). The first-order valence-corrected chi connectivity index (χ1v) is 8.58. The minimum atomic E-state index is -0.195. The largest absolute Gasteiger partial charge is 0.497 e. The van der Waals surface area contributed by atoms with E-state index in [4.69, 9.17) is 30.5 Å². The van der Waals surface area contributed by atoms with Crippen LogP contribution in [0.2, 0.25) is 5.02 Å². The van der Waals surface area contributed by atoms with Crippen LogP contribution in [-0.4, -0.2) is 33.3 Å². The molecule has 1 aliphatic heterocycles. The second kappa shape index (κ2) is 8.19. The van der Waals surface area contributed by atoms with Crippen LogP contribution >= 0.6 is 11.6 Å². The van der Waals surface area contributed by atoms with Crippen LogP contribution in [0.4, 0.5) is 5.69 Å². The molecule has 0 saturated heterocycles. The van der Waals surface area contributed by atoms with Crippen molar-refractivity contribution in [3.63, 3.8) is 0 Å². The SMILES string of the molecule is COc1ccc(NC(=O)Cc2cc(Cl)c3c(c2)OCCCO3)c(OC)c1. The summed E-state index contributed by atoms with van der Waals surface area (Å²) in [6, 6.07) is 8.70. The van der Waals surface area contributed by atoms with Gasteiger partial charge in [0.2, 0.25) is 5.91 Å². The molecule has 0 radical (unpaired) electrons. The van der Waals surface area contributed by atoms with Crippen molar-refractivity contribution in [2.24, 2.45) is 0 Å². The van der Waals surface area contributed by atoms with Gasteiger partial charge >= 0.3 is 0 Å². The summed E-state index contributed by atoms with van der Waals surface area (Å²) in [5.41, 5.74) is 1.31. The summed E-state index contributed by atoms with van der Waals surface area (Å²) in [6.45, 7) is 1.12. The molecule has 0 aromatic heterocycles. The lowest BCUT2D eigenvalue weighted by molar-refractivity contribution is -0.115. The topological polar surface area (TPSA) is 66.0 Å². The molecule has 2 aromatic rings. The average Bonchev–Trinajstić information content (AvgIpc) is 2.87. The van der Waals surface area contributed by atoms with E-state index in [2.05, 4.69) is 5.32 Å². The van der Waals surface area contributed by atoms with Crippen LogP contribution < -0.4 is 24.3 Å². The van der Waals surface area contributed by atoms with Gasteiger partial charge in [0.05, 0.1) is 44.6 Å². The molecule has 2 aromatic carbocycles. The Bertz CT molecular complexity index is 809. The molecule has 0 fully saturated rings. The number of hydrogen-bond donors (Lipinski definition) is 1. The zero-order valence-corrected chi connectivity index (χ0v) is 15.4. The Morgan fingerprint density at radius 1 is 1.15 bits per heavy atom. The summed E-state index contributed by atoms with van der Waals surface area (Å²) in [6.07, 6.45) is 0.934. The van der Waals surface area contributed by atoms with E-state index >= 15 is 0 Å². The van der Waals surface area contributed by atoms with Gasteiger partial charge in [-0.2, -0.15) is 0 Å². The van der Waals surface area contributed by atoms with Crippen LogP contribution in [0.1, 0.15) is 12.0 Å². The Morgan fingerprint density at radius 2 is 1.96 bits per heavy atom. The number of halogens is 1. The van der Waals surface area contributed by atoms with Crippen molar-refractivity contribution in [1.82, 2.24) is 0 Å². The predicted octanol–water partition coefficient (Wildman–Crippen LogP) is 3.70. The number of anilines is 1. The summed E-state index contributed by atoms with van der Waals surface area (Å²) >= 11 is 6.27. The Labute approximate surface area is 157 Å². The third-order valence-corrected chi connectivity index (χ3v) is 4.19. The highest BCUT2D eigenvalue weighted by Gasteiger charge is 2.17. The number of benzene rings is 2. The molecule has 1 heterocycles. The summed E-state index contributed by atoms with van der Waals surface area (Å²) in [5.74, 6) is 2.08. The van der Waals surface area contributed by atoms with Crippen molar-refractivity contribution in [1.29, 1.82) is 0 Å². The van der Waals surface area contributed by atoms with E-state index in [1.54, 1.807) is 37.4 Å². The second-order valence-corrected chi connectivity index (χ2v) is 6.15. The molecule has 3 rings (SSSR count). The number of methoxy groups -OCH3 is 2. The van der Waals surface area contributed by atoms with Gasteiger partial charge in [0.25, 0.3) is 0 Å². The highest BCUT2D eigenvalue weighted by molar-refractivity contribution is 6.32. The number of fused-ring (bicyclic) bond motifs is 1. The second-order valence-electron chi connectivity index (χ2n) is 5.75. The van der Waals surface area contributed by atoms with Crippen molar-refractivity contribution in [2.75, 3.05) is 32.8 Å². The predicted molar refractivity (Wildman–Crippen MR) is 98.9 cm³/mol. The fourth-order valence-corrected chi connectivity index (χ4v) is 2.96. The van der Waals surface area contributed by atoms with Crippen LogP contribution in [0.25, 0.3) is 0 Å². The maximum atomic E-state index is 12.4. The van der Waals surface area contributed by atoms with E-state index in [1.807, 2.05) is 0 Å². The smallest absolute Gasteiger partial charge is 0.228 e. The maximum Gasteiger partial charge on any atom is 0.228 e. The lowest BCUT2D eigenvalue weighted by Crippen LogP contribution is -2.15. The van der Waals surface area contributed by atoms with Gasteiger partial charge in [-0.3, -0.25) is 4.79 Å².